The van der Waals surface area contributed by atoms with E-state index in [1.165, 1.54) is 0 Å². The number of ether oxygens (including phenoxy) is 1. The van der Waals surface area contributed by atoms with E-state index in [2.05, 4.69) is 26.8 Å². The molecule has 0 aromatic heterocycles. The molecular weight excluding hydrogens is 198 g/mol. The molecule has 1 rings (SSSR count). The lowest BCUT2D eigenvalue weighted by Crippen LogP contribution is -2.17. The molecule has 0 amide bonds. The Hall–Kier alpha value is -1.02. The van der Waals surface area contributed by atoms with Crippen molar-refractivity contribution in [2.45, 2.75) is 52.2 Å². The summed E-state index contributed by atoms with van der Waals surface area (Å²) in [5, 5.41) is 0. The third-order valence-electron chi connectivity index (χ3n) is 2.96. The van der Waals surface area contributed by atoms with Gasteiger partial charge in [0, 0.05) is 11.6 Å². The van der Waals surface area contributed by atoms with Gasteiger partial charge < -0.3 is 10.5 Å². The zero-order valence-corrected chi connectivity index (χ0v) is 10.6. The lowest BCUT2D eigenvalue weighted by atomic mass is 10.0. The predicted octanol–water partition coefficient (Wildman–Crippen LogP) is 3.66. The predicted molar refractivity (Wildman–Crippen MR) is 68.7 cm³/mol. The zero-order chi connectivity index (χ0) is 12.0. The molecule has 90 valence electrons. The lowest BCUT2D eigenvalue weighted by Gasteiger charge is -2.20. The molecular formula is C14H23NO. The third-order valence-corrected chi connectivity index (χ3v) is 2.96. The molecule has 0 aliphatic rings. The number of rotatable bonds is 6. The van der Waals surface area contributed by atoms with E-state index in [1.54, 1.807) is 0 Å². The van der Waals surface area contributed by atoms with Crippen molar-refractivity contribution >= 4 is 0 Å². The average Bonchev–Trinajstić information content (AvgIpc) is 2.35. The van der Waals surface area contributed by atoms with Crippen LogP contribution in [-0.4, -0.2) is 6.10 Å². The highest BCUT2D eigenvalue weighted by molar-refractivity contribution is 5.35. The molecule has 16 heavy (non-hydrogen) atoms. The van der Waals surface area contributed by atoms with Crippen LogP contribution in [0.5, 0.6) is 5.75 Å². The molecule has 0 saturated carbocycles. The molecule has 2 heteroatoms. The number of hydrogen-bond donors (Lipinski definition) is 1. The summed E-state index contributed by atoms with van der Waals surface area (Å²) >= 11 is 0. The summed E-state index contributed by atoms with van der Waals surface area (Å²) < 4.78 is 5.99. The van der Waals surface area contributed by atoms with Crippen molar-refractivity contribution in [2.24, 2.45) is 5.73 Å². The Morgan fingerprint density at radius 1 is 1.06 bits per heavy atom. The van der Waals surface area contributed by atoms with Gasteiger partial charge in [0.05, 0.1) is 6.10 Å². The summed E-state index contributed by atoms with van der Waals surface area (Å²) in [5.41, 5.74) is 7.20. The summed E-state index contributed by atoms with van der Waals surface area (Å²) in [6, 6.07) is 8.18. The Kier molecular flexibility index (Phi) is 5.33. The highest BCUT2D eigenvalue weighted by Crippen LogP contribution is 2.27. The number of benzene rings is 1. The minimum atomic E-state index is 0.0746. The van der Waals surface area contributed by atoms with Crippen LogP contribution in [0.3, 0.4) is 0 Å². The maximum atomic E-state index is 6.07. The Morgan fingerprint density at radius 2 is 1.69 bits per heavy atom. The van der Waals surface area contributed by atoms with Gasteiger partial charge >= 0.3 is 0 Å². The number of hydrogen-bond acceptors (Lipinski definition) is 2. The van der Waals surface area contributed by atoms with Gasteiger partial charge in [0.15, 0.2) is 0 Å². The molecule has 0 bridgehead atoms. The molecule has 1 atom stereocenters. The fourth-order valence-corrected chi connectivity index (χ4v) is 1.75. The monoisotopic (exact) mass is 221 g/mol. The van der Waals surface area contributed by atoms with Crippen LogP contribution in [0.2, 0.25) is 0 Å². The normalized spacial score (nSPS) is 12.8. The van der Waals surface area contributed by atoms with Gasteiger partial charge in [-0.2, -0.15) is 0 Å². The van der Waals surface area contributed by atoms with E-state index < -0.39 is 0 Å². The van der Waals surface area contributed by atoms with Crippen LogP contribution in [0.1, 0.15) is 51.6 Å². The quantitative estimate of drug-likeness (QED) is 0.795. The van der Waals surface area contributed by atoms with Crippen LogP contribution < -0.4 is 10.5 Å². The van der Waals surface area contributed by atoms with Crippen LogP contribution in [-0.2, 0) is 0 Å². The number of nitrogens with two attached hydrogens (primary N) is 1. The topological polar surface area (TPSA) is 35.2 Å². The van der Waals surface area contributed by atoms with Crippen molar-refractivity contribution in [2.75, 3.05) is 0 Å². The van der Waals surface area contributed by atoms with E-state index in [4.69, 9.17) is 10.5 Å². The summed E-state index contributed by atoms with van der Waals surface area (Å²) in [5.74, 6) is 0.950. The first-order valence-corrected chi connectivity index (χ1v) is 6.24. The molecule has 0 fully saturated rings. The molecule has 0 aliphatic carbocycles. The molecule has 0 spiro atoms. The first-order chi connectivity index (χ1) is 7.72. The fourth-order valence-electron chi connectivity index (χ4n) is 1.75. The smallest absolute Gasteiger partial charge is 0.124 e. The fraction of sp³-hybridized carbons (Fsp3) is 0.571. The van der Waals surface area contributed by atoms with Crippen molar-refractivity contribution in [1.82, 2.24) is 0 Å². The van der Waals surface area contributed by atoms with Gasteiger partial charge in [-0.25, -0.2) is 0 Å². The highest BCUT2D eigenvalue weighted by atomic mass is 16.5. The summed E-state index contributed by atoms with van der Waals surface area (Å²) in [6.07, 6.45) is 3.30. The van der Waals surface area contributed by atoms with Crippen molar-refractivity contribution in [3.8, 4) is 5.75 Å². The van der Waals surface area contributed by atoms with Crippen molar-refractivity contribution in [3.05, 3.63) is 29.8 Å². The molecule has 0 aliphatic heterocycles. The molecule has 2 N–H and O–H groups in total. The van der Waals surface area contributed by atoms with Gasteiger partial charge in [-0.15, -0.1) is 0 Å². The second-order valence-corrected chi connectivity index (χ2v) is 4.11. The Balaban J connectivity index is 2.86. The van der Waals surface area contributed by atoms with Gasteiger partial charge in [0.25, 0.3) is 0 Å². The zero-order valence-electron chi connectivity index (χ0n) is 10.6. The van der Waals surface area contributed by atoms with Crippen LogP contribution in [0, 0.1) is 0 Å². The maximum Gasteiger partial charge on any atom is 0.124 e. The molecule has 0 saturated heterocycles. The Labute approximate surface area is 98.8 Å². The van der Waals surface area contributed by atoms with E-state index in [-0.39, 0.29) is 6.04 Å². The largest absolute Gasteiger partial charge is 0.490 e. The standard InChI is InChI=1S/C14H23NO/c1-4-11(5-2)16-14-10-8-7-9-12(14)13(15)6-3/h7-11,13H,4-6,15H2,1-3H3/t13-/m0/s1. The van der Waals surface area contributed by atoms with Crippen molar-refractivity contribution in [1.29, 1.82) is 0 Å². The summed E-state index contributed by atoms with van der Waals surface area (Å²) in [7, 11) is 0. The Bertz CT molecular complexity index is 307. The lowest BCUT2D eigenvalue weighted by molar-refractivity contribution is 0.190. The maximum absolute atomic E-state index is 6.07. The van der Waals surface area contributed by atoms with Gasteiger partial charge in [-0.05, 0) is 25.3 Å². The molecule has 1 aromatic carbocycles. The van der Waals surface area contributed by atoms with E-state index >= 15 is 0 Å². The molecule has 0 radical (unpaired) electrons. The average molecular weight is 221 g/mol. The van der Waals surface area contributed by atoms with Crippen LogP contribution in [0.4, 0.5) is 0 Å². The van der Waals surface area contributed by atoms with Crippen LogP contribution in [0.15, 0.2) is 24.3 Å². The highest BCUT2D eigenvalue weighted by Gasteiger charge is 2.12. The van der Waals surface area contributed by atoms with Crippen LogP contribution >= 0.6 is 0 Å². The first kappa shape index (κ1) is 13.0. The first-order valence-electron chi connectivity index (χ1n) is 6.24. The molecule has 2 nitrogen and oxygen atoms in total. The summed E-state index contributed by atoms with van der Waals surface area (Å²) in [4.78, 5) is 0. The number of para-hydroxylation sites is 1. The van der Waals surface area contributed by atoms with Gasteiger partial charge in [0.2, 0.25) is 0 Å². The van der Waals surface area contributed by atoms with Crippen LogP contribution in [0.25, 0.3) is 0 Å². The van der Waals surface area contributed by atoms with Gasteiger partial charge in [0.1, 0.15) is 5.75 Å². The minimum absolute atomic E-state index is 0.0746. The van der Waals surface area contributed by atoms with E-state index in [0.29, 0.717) is 6.10 Å². The molecule has 0 heterocycles. The van der Waals surface area contributed by atoms with Crippen molar-refractivity contribution in [3.63, 3.8) is 0 Å². The van der Waals surface area contributed by atoms with Gasteiger partial charge in [-0.3, -0.25) is 0 Å². The second-order valence-electron chi connectivity index (χ2n) is 4.11. The van der Waals surface area contributed by atoms with Gasteiger partial charge in [-0.1, -0.05) is 39.0 Å². The third kappa shape index (κ3) is 3.24. The second kappa shape index (κ2) is 6.54. The SMILES string of the molecule is CCC(CC)Oc1ccccc1[C@@H](N)CC. The van der Waals surface area contributed by atoms with Crippen molar-refractivity contribution < 1.29 is 4.74 Å². The van der Waals surface area contributed by atoms with E-state index in [0.717, 1.165) is 30.6 Å². The Morgan fingerprint density at radius 3 is 2.25 bits per heavy atom. The van der Waals surface area contributed by atoms with E-state index in [9.17, 15) is 0 Å². The molecule has 1 aromatic rings. The van der Waals surface area contributed by atoms with E-state index in [1.807, 2.05) is 18.2 Å². The summed E-state index contributed by atoms with van der Waals surface area (Å²) in [6.45, 7) is 6.39. The minimum Gasteiger partial charge on any atom is -0.490 e. The molecule has 0 unspecified atom stereocenters.